The van der Waals surface area contributed by atoms with E-state index in [0.717, 1.165) is 22.6 Å². The van der Waals surface area contributed by atoms with Gasteiger partial charge in [0.1, 0.15) is 6.54 Å². The van der Waals surface area contributed by atoms with E-state index < -0.39 is 11.8 Å². The van der Waals surface area contributed by atoms with Gasteiger partial charge in [0.25, 0.3) is 11.8 Å². The zero-order valence-corrected chi connectivity index (χ0v) is 14.2. The number of imide groups is 1. The first-order valence-electron chi connectivity index (χ1n) is 8.11. The summed E-state index contributed by atoms with van der Waals surface area (Å²) in [4.78, 5) is 39.3. The summed E-state index contributed by atoms with van der Waals surface area (Å²) in [5.74, 6) is -0.207. The van der Waals surface area contributed by atoms with Gasteiger partial charge in [-0.3, -0.25) is 19.3 Å². The highest BCUT2D eigenvalue weighted by Gasteiger charge is 2.36. The lowest BCUT2D eigenvalue weighted by Gasteiger charge is -2.26. The van der Waals surface area contributed by atoms with Gasteiger partial charge in [0.15, 0.2) is 0 Å². The first-order valence-corrected chi connectivity index (χ1v) is 9.10. The van der Waals surface area contributed by atoms with Crippen LogP contribution in [0.3, 0.4) is 0 Å². The smallest absolute Gasteiger partial charge is 0.262 e. The molecule has 0 spiro atoms. The SMILES string of the molecule is O=C(CN1C(=O)c2ccccc2C1=O)NC1CCSc2ccccc21. The maximum Gasteiger partial charge on any atom is 0.262 e. The number of benzene rings is 2. The molecule has 4 rings (SSSR count). The normalized spacial score (nSPS) is 18.7. The van der Waals surface area contributed by atoms with E-state index in [2.05, 4.69) is 5.32 Å². The summed E-state index contributed by atoms with van der Waals surface area (Å²) < 4.78 is 0. The lowest BCUT2D eigenvalue weighted by molar-refractivity contribution is -0.122. The van der Waals surface area contributed by atoms with Crippen LogP contribution in [0.4, 0.5) is 0 Å². The van der Waals surface area contributed by atoms with Gasteiger partial charge >= 0.3 is 0 Å². The number of hydrogen-bond donors (Lipinski definition) is 1. The van der Waals surface area contributed by atoms with Crippen molar-refractivity contribution in [1.29, 1.82) is 0 Å². The number of hydrogen-bond acceptors (Lipinski definition) is 4. The Morgan fingerprint density at radius 1 is 1.04 bits per heavy atom. The van der Waals surface area contributed by atoms with Crippen molar-refractivity contribution in [3.05, 3.63) is 65.2 Å². The number of thioether (sulfide) groups is 1. The number of carbonyl (C=O) groups is 3. The molecule has 126 valence electrons. The number of fused-ring (bicyclic) bond motifs is 2. The Labute approximate surface area is 149 Å². The Hall–Kier alpha value is -2.60. The summed E-state index contributed by atoms with van der Waals surface area (Å²) in [5, 5.41) is 2.97. The Morgan fingerprint density at radius 3 is 2.40 bits per heavy atom. The van der Waals surface area contributed by atoms with Crippen LogP contribution in [0, 0.1) is 0 Å². The Balaban J connectivity index is 1.48. The molecule has 0 fully saturated rings. The van der Waals surface area contributed by atoms with E-state index >= 15 is 0 Å². The molecular weight excluding hydrogens is 336 g/mol. The summed E-state index contributed by atoms with van der Waals surface area (Å²) in [6, 6.07) is 14.6. The van der Waals surface area contributed by atoms with Gasteiger partial charge in [-0.25, -0.2) is 0 Å². The lowest BCUT2D eigenvalue weighted by Crippen LogP contribution is -2.42. The number of amides is 3. The topological polar surface area (TPSA) is 66.5 Å². The average Bonchev–Trinajstić information content (AvgIpc) is 2.87. The standard InChI is InChI=1S/C19H16N2O3S/c22-17(20-15-9-10-25-16-8-4-3-7-14(15)16)11-21-18(23)12-5-1-2-6-13(12)19(21)24/h1-8,15H,9-11H2,(H,20,22). The van der Waals surface area contributed by atoms with Gasteiger partial charge < -0.3 is 5.32 Å². The molecule has 0 radical (unpaired) electrons. The van der Waals surface area contributed by atoms with Crippen molar-refractivity contribution >= 4 is 29.5 Å². The monoisotopic (exact) mass is 352 g/mol. The highest BCUT2D eigenvalue weighted by atomic mass is 32.2. The minimum Gasteiger partial charge on any atom is -0.348 e. The molecule has 0 saturated carbocycles. The van der Waals surface area contributed by atoms with E-state index in [1.165, 1.54) is 4.90 Å². The molecule has 2 aromatic carbocycles. The molecule has 3 amide bonds. The number of nitrogens with zero attached hydrogens (tertiary/aromatic N) is 1. The third-order valence-corrected chi connectivity index (χ3v) is 5.60. The van der Waals surface area contributed by atoms with E-state index in [-0.39, 0.29) is 18.5 Å². The molecule has 1 unspecified atom stereocenters. The second kappa shape index (κ2) is 6.37. The third kappa shape index (κ3) is 2.82. The van der Waals surface area contributed by atoms with Crippen LogP contribution < -0.4 is 5.32 Å². The maximum atomic E-state index is 12.5. The first kappa shape index (κ1) is 15.9. The maximum absolute atomic E-state index is 12.5. The fourth-order valence-electron chi connectivity index (χ4n) is 3.26. The van der Waals surface area contributed by atoms with Crippen molar-refractivity contribution in [2.75, 3.05) is 12.3 Å². The van der Waals surface area contributed by atoms with Crippen LogP contribution in [0.2, 0.25) is 0 Å². The molecule has 0 saturated heterocycles. The van der Waals surface area contributed by atoms with Crippen molar-refractivity contribution in [1.82, 2.24) is 10.2 Å². The molecule has 2 aliphatic heterocycles. The van der Waals surface area contributed by atoms with Crippen molar-refractivity contribution in [3.8, 4) is 0 Å². The van der Waals surface area contributed by atoms with Crippen molar-refractivity contribution in [2.24, 2.45) is 0 Å². The fourth-order valence-corrected chi connectivity index (χ4v) is 4.38. The summed E-state index contributed by atoms with van der Waals surface area (Å²) in [6.07, 6.45) is 0.829. The summed E-state index contributed by atoms with van der Waals surface area (Å²) in [5.41, 5.74) is 1.81. The molecule has 25 heavy (non-hydrogen) atoms. The predicted octanol–water partition coefficient (Wildman–Crippen LogP) is 2.64. The highest BCUT2D eigenvalue weighted by Crippen LogP contribution is 2.35. The highest BCUT2D eigenvalue weighted by molar-refractivity contribution is 7.99. The lowest BCUT2D eigenvalue weighted by atomic mass is 10.0. The molecule has 0 aromatic heterocycles. The summed E-state index contributed by atoms with van der Waals surface area (Å²) in [6.45, 7) is -0.252. The zero-order chi connectivity index (χ0) is 17.4. The largest absolute Gasteiger partial charge is 0.348 e. The third-order valence-electron chi connectivity index (χ3n) is 4.47. The van der Waals surface area contributed by atoms with Gasteiger partial charge in [-0.1, -0.05) is 30.3 Å². The fraction of sp³-hybridized carbons (Fsp3) is 0.211. The van der Waals surface area contributed by atoms with E-state index in [1.54, 1.807) is 36.0 Å². The summed E-state index contributed by atoms with van der Waals surface area (Å²) in [7, 11) is 0. The number of nitrogens with one attached hydrogen (secondary N) is 1. The second-order valence-electron chi connectivity index (χ2n) is 6.04. The van der Waals surface area contributed by atoms with Crippen LogP contribution in [0.25, 0.3) is 0 Å². The Bertz CT molecular complexity index is 845. The minimum atomic E-state index is -0.407. The van der Waals surface area contributed by atoms with Crippen molar-refractivity contribution in [3.63, 3.8) is 0 Å². The van der Waals surface area contributed by atoms with Gasteiger partial charge in [-0.2, -0.15) is 0 Å². The van der Waals surface area contributed by atoms with E-state index in [9.17, 15) is 14.4 Å². The molecule has 1 N–H and O–H groups in total. The van der Waals surface area contributed by atoms with E-state index in [0.29, 0.717) is 11.1 Å². The number of carbonyl (C=O) groups excluding carboxylic acids is 3. The molecule has 0 bridgehead atoms. The first-order chi connectivity index (χ1) is 12.1. The molecule has 0 aliphatic carbocycles. The van der Waals surface area contributed by atoms with Crippen LogP contribution >= 0.6 is 11.8 Å². The molecule has 5 nitrogen and oxygen atoms in total. The molecule has 1 atom stereocenters. The van der Waals surface area contributed by atoms with Gasteiger partial charge in [-0.05, 0) is 30.2 Å². The van der Waals surface area contributed by atoms with Crippen LogP contribution in [0.15, 0.2) is 53.4 Å². The van der Waals surface area contributed by atoms with E-state index in [4.69, 9.17) is 0 Å². The van der Waals surface area contributed by atoms with Crippen LogP contribution in [-0.4, -0.2) is 34.9 Å². The Kier molecular flexibility index (Phi) is 4.05. The molecule has 2 aliphatic rings. The summed E-state index contributed by atoms with van der Waals surface area (Å²) >= 11 is 1.77. The quantitative estimate of drug-likeness (QED) is 0.863. The van der Waals surface area contributed by atoms with Gasteiger partial charge in [0.2, 0.25) is 5.91 Å². The van der Waals surface area contributed by atoms with Crippen molar-refractivity contribution in [2.45, 2.75) is 17.4 Å². The molecular formula is C19H16N2O3S. The molecule has 2 aromatic rings. The van der Waals surface area contributed by atoms with Gasteiger partial charge in [0.05, 0.1) is 17.2 Å². The van der Waals surface area contributed by atoms with Gasteiger partial charge in [-0.15, -0.1) is 11.8 Å². The van der Waals surface area contributed by atoms with Crippen LogP contribution in [0.1, 0.15) is 38.7 Å². The molecule has 6 heteroatoms. The minimum absolute atomic E-state index is 0.0832. The van der Waals surface area contributed by atoms with Crippen molar-refractivity contribution < 1.29 is 14.4 Å². The van der Waals surface area contributed by atoms with Crippen LogP contribution in [-0.2, 0) is 4.79 Å². The Morgan fingerprint density at radius 2 is 1.68 bits per heavy atom. The van der Waals surface area contributed by atoms with E-state index in [1.807, 2.05) is 24.3 Å². The zero-order valence-electron chi connectivity index (χ0n) is 13.4. The van der Waals surface area contributed by atoms with Crippen LogP contribution in [0.5, 0.6) is 0 Å². The second-order valence-corrected chi connectivity index (χ2v) is 7.17. The number of rotatable bonds is 3. The molecule has 2 heterocycles. The van der Waals surface area contributed by atoms with Gasteiger partial charge in [0, 0.05) is 10.6 Å². The predicted molar refractivity (Wildman–Crippen MR) is 94.5 cm³/mol. The average molecular weight is 352 g/mol.